The van der Waals surface area contributed by atoms with E-state index in [1.807, 2.05) is 17.5 Å². The number of hydrogen-bond acceptors (Lipinski definition) is 4. The Morgan fingerprint density at radius 2 is 2.19 bits per heavy atom. The molecule has 2 rings (SSSR count). The first-order valence-corrected chi connectivity index (χ1v) is 8.41. The number of rotatable bonds is 5. The molecule has 0 aliphatic heterocycles. The minimum Gasteiger partial charge on any atom is -0.455 e. The third kappa shape index (κ3) is 4.84. The standard InChI is InChI=1S/C16H23NO3S/c1-11-5-3-7-14(12(11)2)17-15(18)10-20-16(19)9-13-6-4-8-21-13/h4,6,8,11-12,14H,3,5,7,9-10H2,1-2H3,(H,17,18)/t11-,12+,14+/m0/s1. The van der Waals surface area contributed by atoms with Gasteiger partial charge in [0.25, 0.3) is 5.91 Å². The van der Waals surface area contributed by atoms with Crippen LogP contribution < -0.4 is 5.32 Å². The largest absolute Gasteiger partial charge is 0.455 e. The van der Waals surface area contributed by atoms with Gasteiger partial charge >= 0.3 is 5.97 Å². The molecule has 1 saturated carbocycles. The lowest BCUT2D eigenvalue weighted by atomic mass is 9.78. The number of thiophene rings is 1. The molecule has 1 N–H and O–H groups in total. The summed E-state index contributed by atoms with van der Waals surface area (Å²) >= 11 is 1.51. The molecule has 1 heterocycles. The Bertz CT molecular complexity index is 472. The highest BCUT2D eigenvalue weighted by Crippen LogP contribution is 2.29. The molecule has 0 radical (unpaired) electrons. The first kappa shape index (κ1) is 16.0. The molecule has 1 amide bonds. The molecular weight excluding hydrogens is 286 g/mol. The average Bonchev–Trinajstić information content (AvgIpc) is 2.94. The molecular formula is C16H23NO3S. The molecule has 116 valence electrons. The van der Waals surface area contributed by atoms with Crippen molar-refractivity contribution in [1.29, 1.82) is 0 Å². The minimum absolute atomic E-state index is 0.179. The van der Waals surface area contributed by atoms with Gasteiger partial charge in [0.05, 0.1) is 6.42 Å². The first-order chi connectivity index (χ1) is 10.1. The zero-order chi connectivity index (χ0) is 15.2. The number of carbonyl (C=O) groups is 2. The predicted octanol–water partition coefficient (Wildman–Crippen LogP) is 2.77. The van der Waals surface area contributed by atoms with Gasteiger partial charge in [0.2, 0.25) is 0 Å². The van der Waals surface area contributed by atoms with Crippen molar-refractivity contribution in [1.82, 2.24) is 5.32 Å². The third-order valence-electron chi connectivity index (χ3n) is 4.32. The lowest BCUT2D eigenvalue weighted by Crippen LogP contribution is -2.45. The van der Waals surface area contributed by atoms with E-state index in [-0.39, 0.29) is 30.9 Å². The van der Waals surface area contributed by atoms with E-state index in [4.69, 9.17) is 4.74 Å². The van der Waals surface area contributed by atoms with Crippen LogP contribution in [0.5, 0.6) is 0 Å². The van der Waals surface area contributed by atoms with Gasteiger partial charge in [-0.3, -0.25) is 9.59 Å². The van der Waals surface area contributed by atoms with Crippen LogP contribution in [-0.2, 0) is 20.7 Å². The van der Waals surface area contributed by atoms with Crippen molar-refractivity contribution >= 4 is 23.2 Å². The van der Waals surface area contributed by atoms with Gasteiger partial charge < -0.3 is 10.1 Å². The maximum absolute atomic E-state index is 11.9. The molecule has 21 heavy (non-hydrogen) atoms. The van der Waals surface area contributed by atoms with Gasteiger partial charge in [-0.1, -0.05) is 32.8 Å². The number of hydrogen-bond donors (Lipinski definition) is 1. The maximum atomic E-state index is 11.9. The van der Waals surface area contributed by atoms with Gasteiger partial charge in [-0.05, 0) is 29.7 Å². The van der Waals surface area contributed by atoms with Crippen LogP contribution in [0.25, 0.3) is 0 Å². The van der Waals surface area contributed by atoms with Crippen molar-refractivity contribution in [2.75, 3.05) is 6.61 Å². The SMILES string of the molecule is C[C@@H]1[C@@H](C)CCC[C@H]1NC(=O)COC(=O)Cc1cccs1. The zero-order valence-electron chi connectivity index (χ0n) is 12.6. The van der Waals surface area contributed by atoms with Crippen LogP contribution in [-0.4, -0.2) is 24.5 Å². The number of amides is 1. The number of ether oxygens (including phenoxy) is 1. The second-order valence-electron chi connectivity index (χ2n) is 5.86. The second-order valence-corrected chi connectivity index (χ2v) is 6.89. The lowest BCUT2D eigenvalue weighted by molar-refractivity contribution is -0.148. The van der Waals surface area contributed by atoms with E-state index in [1.165, 1.54) is 17.8 Å². The fourth-order valence-electron chi connectivity index (χ4n) is 2.79. The van der Waals surface area contributed by atoms with E-state index >= 15 is 0 Å². The quantitative estimate of drug-likeness (QED) is 0.851. The van der Waals surface area contributed by atoms with Crippen LogP contribution in [0.3, 0.4) is 0 Å². The molecule has 1 aliphatic rings. The van der Waals surface area contributed by atoms with Crippen LogP contribution >= 0.6 is 11.3 Å². The predicted molar refractivity (Wildman–Crippen MR) is 83.1 cm³/mol. The molecule has 3 atom stereocenters. The molecule has 5 heteroatoms. The lowest BCUT2D eigenvalue weighted by Gasteiger charge is -2.34. The summed E-state index contributed by atoms with van der Waals surface area (Å²) in [7, 11) is 0. The molecule has 1 aromatic rings. The fourth-order valence-corrected chi connectivity index (χ4v) is 3.48. The van der Waals surface area contributed by atoms with Crippen LogP contribution in [0.4, 0.5) is 0 Å². The van der Waals surface area contributed by atoms with Crippen LogP contribution in [0.2, 0.25) is 0 Å². The summed E-state index contributed by atoms with van der Waals surface area (Å²) in [5, 5.41) is 4.92. The topological polar surface area (TPSA) is 55.4 Å². The molecule has 1 fully saturated rings. The van der Waals surface area contributed by atoms with Gasteiger partial charge in [-0.25, -0.2) is 0 Å². The Morgan fingerprint density at radius 1 is 1.38 bits per heavy atom. The van der Waals surface area contributed by atoms with Crippen molar-refractivity contribution < 1.29 is 14.3 Å². The summed E-state index contributed by atoms with van der Waals surface area (Å²) in [5.74, 6) is 0.563. The van der Waals surface area contributed by atoms with E-state index < -0.39 is 0 Å². The van der Waals surface area contributed by atoms with E-state index in [1.54, 1.807) is 0 Å². The highest BCUT2D eigenvalue weighted by Gasteiger charge is 2.28. The molecule has 1 aliphatic carbocycles. The van der Waals surface area contributed by atoms with Gasteiger partial charge in [0.15, 0.2) is 6.61 Å². The van der Waals surface area contributed by atoms with Crippen molar-refractivity contribution in [2.24, 2.45) is 11.8 Å². The molecule has 1 aromatic heterocycles. The highest BCUT2D eigenvalue weighted by atomic mass is 32.1. The van der Waals surface area contributed by atoms with Gasteiger partial charge in [-0.15, -0.1) is 11.3 Å². The van der Waals surface area contributed by atoms with E-state index in [2.05, 4.69) is 19.2 Å². The first-order valence-electron chi connectivity index (χ1n) is 7.53. The van der Waals surface area contributed by atoms with Crippen molar-refractivity contribution in [2.45, 2.75) is 45.6 Å². The Labute approximate surface area is 129 Å². The monoisotopic (exact) mass is 309 g/mol. The smallest absolute Gasteiger partial charge is 0.311 e. The van der Waals surface area contributed by atoms with E-state index in [9.17, 15) is 9.59 Å². The Hall–Kier alpha value is -1.36. The van der Waals surface area contributed by atoms with Crippen molar-refractivity contribution in [3.63, 3.8) is 0 Å². The zero-order valence-corrected chi connectivity index (χ0v) is 13.4. The van der Waals surface area contributed by atoms with Crippen LogP contribution in [0.1, 0.15) is 38.0 Å². The molecule has 0 saturated heterocycles. The third-order valence-corrected chi connectivity index (χ3v) is 5.19. The second kappa shape index (κ2) is 7.59. The fraction of sp³-hybridized carbons (Fsp3) is 0.625. The van der Waals surface area contributed by atoms with Gasteiger partial charge in [0, 0.05) is 10.9 Å². The van der Waals surface area contributed by atoms with Gasteiger partial charge in [-0.2, -0.15) is 0 Å². The normalized spacial score (nSPS) is 25.3. The minimum atomic E-state index is -0.349. The van der Waals surface area contributed by atoms with Crippen molar-refractivity contribution in [3.05, 3.63) is 22.4 Å². The average molecular weight is 309 g/mol. The van der Waals surface area contributed by atoms with E-state index in [0.717, 1.165) is 17.7 Å². The summed E-state index contributed by atoms with van der Waals surface area (Å²) in [4.78, 5) is 24.5. The summed E-state index contributed by atoms with van der Waals surface area (Å²) in [6.45, 7) is 4.23. The Kier molecular flexibility index (Phi) is 5.79. The number of esters is 1. The molecule has 4 nitrogen and oxygen atoms in total. The number of nitrogens with one attached hydrogen (secondary N) is 1. The highest BCUT2D eigenvalue weighted by molar-refractivity contribution is 7.10. The Morgan fingerprint density at radius 3 is 2.90 bits per heavy atom. The van der Waals surface area contributed by atoms with E-state index in [0.29, 0.717) is 11.8 Å². The summed E-state index contributed by atoms with van der Waals surface area (Å²) in [6.07, 6.45) is 3.63. The molecule has 0 aromatic carbocycles. The molecule has 0 bridgehead atoms. The van der Waals surface area contributed by atoms with Crippen LogP contribution in [0.15, 0.2) is 17.5 Å². The maximum Gasteiger partial charge on any atom is 0.311 e. The van der Waals surface area contributed by atoms with Crippen molar-refractivity contribution in [3.8, 4) is 0 Å². The summed E-state index contributed by atoms with van der Waals surface area (Å²) < 4.78 is 5.04. The Balaban J connectivity index is 1.70. The van der Waals surface area contributed by atoms with Crippen LogP contribution in [0, 0.1) is 11.8 Å². The number of carbonyl (C=O) groups excluding carboxylic acids is 2. The molecule has 0 unspecified atom stereocenters. The van der Waals surface area contributed by atoms with Gasteiger partial charge in [0.1, 0.15) is 0 Å². The summed E-state index contributed by atoms with van der Waals surface area (Å²) in [6, 6.07) is 3.99. The molecule has 0 spiro atoms. The summed E-state index contributed by atoms with van der Waals surface area (Å²) in [5.41, 5.74) is 0.